The van der Waals surface area contributed by atoms with Crippen LogP contribution in [-0.2, 0) is 26.4 Å². The standard InChI is InChI=1S/2C21H18F3N7O/c2*1-12(29-20(32)15-7-18-17(9-25-15)28-11-31(18)2)16-8-27-19(10-26-16)30-14-5-3-13(4-6-14)21(22,23)24/h2*3-12H,1-2H3,(H,27,30)(H,29,32)/t2*12-/m10/s1. The molecule has 16 nitrogen and oxygen atoms in total. The third kappa shape index (κ3) is 10.5. The zero-order valence-electron chi connectivity index (χ0n) is 34.1. The summed E-state index contributed by atoms with van der Waals surface area (Å²) in [6, 6.07) is 11.6. The Kier molecular flexibility index (Phi) is 12.5. The van der Waals surface area contributed by atoms with Crippen molar-refractivity contribution in [1.82, 2.24) is 59.6 Å². The quantitative estimate of drug-likeness (QED) is 0.0968. The van der Waals surface area contributed by atoms with Crippen LogP contribution in [0.5, 0.6) is 0 Å². The summed E-state index contributed by atoms with van der Waals surface area (Å²) in [5.74, 6) is -0.0190. The van der Waals surface area contributed by atoms with Crippen LogP contribution in [0.4, 0.5) is 49.4 Å². The number of aromatic nitrogens is 10. The molecule has 6 aromatic heterocycles. The average molecular weight is 883 g/mol. The maximum atomic E-state index is 12.7. The van der Waals surface area contributed by atoms with Gasteiger partial charge in [0.2, 0.25) is 0 Å². The summed E-state index contributed by atoms with van der Waals surface area (Å²) in [6.07, 6.45) is 3.43. The van der Waals surface area contributed by atoms with Gasteiger partial charge in [0, 0.05) is 25.5 Å². The Morgan fingerprint density at radius 3 is 1.22 bits per heavy atom. The molecule has 328 valence electrons. The lowest BCUT2D eigenvalue weighted by Crippen LogP contribution is -2.28. The Hall–Kier alpha value is -8.04. The maximum Gasteiger partial charge on any atom is 0.416 e. The SMILES string of the molecule is C[C@@H](NC(=O)c1cc2c(cn1)ncn2C)c1cnc(Nc2ccc(C(F)(F)F)cc2)cn1.C[C@H](NC(=O)c1cc2c(cn1)ncn2C)c1cnc(Nc2ccc(C(F)(F)F)cc2)cn1. The monoisotopic (exact) mass is 882 g/mol. The molecule has 0 spiro atoms. The van der Waals surface area contributed by atoms with Crippen molar-refractivity contribution in [2.45, 2.75) is 38.3 Å². The first kappa shape index (κ1) is 44.0. The van der Waals surface area contributed by atoms with Crippen LogP contribution in [0.25, 0.3) is 22.1 Å². The summed E-state index contributed by atoms with van der Waals surface area (Å²) >= 11 is 0. The fourth-order valence-corrected chi connectivity index (χ4v) is 6.03. The molecule has 2 atom stereocenters. The van der Waals surface area contributed by atoms with Crippen LogP contribution < -0.4 is 21.3 Å². The number of halogens is 6. The van der Waals surface area contributed by atoms with E-state index in [1.807, 2.05) is 14.1 Å². The van der Waals surface area contributed by atoms with Gasteiger partial charge in [-0.2, -0.15) is 26.3 Å². The van der Waals surface area contributed by atoms with Gasteiger partial charge in [0.05, 0.1) is 95.5 Å². The van der Waals surface area contributed by atoms with Crippen LogP contribution in [-0.4, -0.2) is 60.8 Å². The Labute approximate surface area is 359 Å². The normalized spacial score (nSPS) is 12.5. The second-order valence-corrected chi connectivity index (χ2v) is 14.3. The molecule has 8 aromatic rings. The van der Waals surface area contributed by atoms with Crippen molar-refractivity contribution in [3.05, 3.63) is 144 Å². The molecular weight excluding hydrogens is 847 g/mol. The number of alkyl halides is 6. The Morgan fingerprint density at radius 1 is 0.516 bits per heavy atom. The van der Waals surface area contributed by atoms with Crippen molar-refractivity contribution in [2.75, 3.05) is 10.6 Å². The average Bonchev–Trinajstić information content (AvgIpc) is 3.84. The highest BCUT2D eigenvalue weighted by Crippen LogP contribution is 2.31. The van der Waals surface area contributed by atoms with Crippen LogP contribution in [0, 0.1) is 0 Å². The van der Waals surface area contributed by atoms with Crippen LogP contribution >= 0.6 is 0 Å². The first-order valence-electron chi connectivity index (χ1n) is 19.1. The third-order valence-electron chi connectivity index (χ3n) is 9.58. The van der Waals surface area contributed by atoms with Gasteiger partial charge in [-0.25, -0.2) is 29.9 Å². The molecule has 0 bridgehead atoms. The molecule has 2 amide bonds. The molecule has 0 saturated carbocycles. The molecule has 0 unspecified atom stereocenters. The van der Waals surface area contributed by atoms with Crippen LogP contribution in [0.2, 0.25) is 0 Å². The number of hydrogen-bond acceptors (Lipinski definition) is 12. The lowest BCUT2D eigenvalue weighted by atomic mass is 10.2. The maximum absolute atomic E-state index is 12.7. The highest BCUT2D eigenvalue weighted by atomic mass is 19.4. The van der Waals surface area contributed by atoms with E-state index in [0.717, 1.165) is 35.3 Å². The van der Waals surface area contributed by atoms with E-state index in [1.54, 1.807) is 47.8 Å². The second-order valence-electron chi connectivity index (χ2n) is 14.3. The molecule has 64 heavy (non-hydrogen) atoms. The zero-order chi connectivity index (χ0) is 45.8. The molecule has 2 aromatic carbocycles. The highest BCUT2D eigenvalue weighted by Gasteiger charge is 2.31. The largest absolute Gasteiger partial charge is 0.416 e. The van der Waals surface area contributed by atoms with Gasteiger partial charge in [0.15, 0.2) is 0 Å². The van der Waals surface area contributed by atoms with Gasteiger partial charge in [-0.3, -0.25) is 19.6 Å². The van der Waals surface area contributed by atoms with E-state index in [9.17, 15) is 35.9 Å². The summed E-state index contributed by atoms with van der Waals surface area (Å²) in [4.78, 5) is 58.8. The molecule has 8 rings (SSSR count). The summed E-state index contributed by atoms with van der Waals surface area (Å²) in [7, 11) is 3.66. The lowest BCUT2D eigenvalue weighted by Gasteiger charge is -2.14. The molecule has 0 saturated heterocycles. The first-order chi connectivity index (χ1) is 30.4. The zero-order valence-corrected chi connectivity index (χ0v) is 34.1. The number of fused-ring (bicyclic) bond motifs is 2. The molecule has 22 heteroatoms. The van der Waals surface area contributed by atoms with Gasteiger partial charge in [-0.15, -0.1) is 0 Å². The Bertz CT molecular complexity index is 2700. The first-order valence-corrected chi connectivity index (χ1v) is 19.1. The number of nitrogens with zero attached hydrogens (tertiary/aromatic N) is 10. The number of carbonyl (C=O) groups is 2. The Balaban J connectivity index is 0.000000191. The van der Waals surface area contributed by atoms with Crippen molar-refractivity contribution in [3.63, 3.8) is 0 Å². The van der Waals surface area contributed by atoms with Gasteiger partial charge in [0.25, 0.3) is 11.8 Å². The number of nitrogens with one attached hydrogen (secondary N) is 4. The fourth-order valence-electron chi connectivity index (χ4n) is 6.03. The topological polar surface area (TPSA) is 195 Å². The number of amides is 2. The van der Waals surface area contributed by atoms with Gasteiger partial charge in [-0.05, 0) is 74.5 Å². The minimum Gasteiger partial charge on any atom is -0.343 e. The number of imidazole rings is 2. The van der Waals surface area contributed by atoms with E-state index in [4.69, 9.17) is 0 Å². The van der Waals surface area contributed by atoms with Crippen molar-refractivity contribution < 1.29 is 35.9 Å². The molecule has 0 fully saturated rings. The lowest BCUT2D eigenvalue weighted by molar-refractivity contribution is -0.138. The van der Waals surface area contributed by atoms with E-state index in [2.05, 4.69) is 61.1 Å². The van der Waals surface area contributed by atoms with Crippen LogP contribution in [0.1, 0.15) is 69.4 Å². The minimum absolute atomic E-state index is 0.251. The molecule has 6 heterocycles. The molecule has 4 N–H and O–H groups in total. The second kappa shape index (κ2) is 18.1. The molecule has 0 aliphatic heterocycles. The van der Waals surface area contributed by atoms with Gasteiger partial charge >= 0.3 is 12.4 Å². The number of anilines is 4. The van der Waals surface area contributed by atoms with E-state index < -0.39 is 35.6 Å². The van der Waals surface area contributed by atoms with Gasteiger partial charge < -0.3 is 30.4 Å². The minimum atomic E-state index is -4.39. The fraction of sp³-hybridized carbons (Fsp3) is 0.190. The third-order valence-corrected chi connectivity index (χ3v) is 9.58. The number of carbonyl (C=O) groups excluding carboxylic acids is 2. The number of hydrogen-bond donors (Lipinski definition) is 4. The molecular formula is C42H36F6N14O2. The van der Waals surface area contributed by atoms with Crippen molar-refractivity contribution in [2.24, 2.45) is 14.1 Å². The number of pyridine rings is 2. The number of benzene rings is 2. The number of aryl methyl sites for hydroxylation is 2. The van der Waals surface area contributed by atoms with Crippen molar-refractivity contribution in [3.8, 4) is 0 Å². The number of rotatable bonds is 10. The van der Waals surface area contributed by atoms with E-state index in [0.29, 0.717) is 45.4 Å². The van der Waals surface area contributed by atoms with Crippen molar-refractivity contribution >= 4 is 56.9 Å². The molecule has 0 aliphatic carbocycles. The van der Waals surface area contributed by atoms with Crippen molar-refractivity contribution in [1.29, 1.82) is 0 Å². The molecule has 0 aliphatic rings. The van der Waals surface area contributed by atoms with Crippen LogP contribution in [0.3, 0.4) is 0 Å². The summed E-state index contributed by atoms with van der Waals surface area (Å²) < 4.78 is 79.5. The van der Waals surface area contributed by atoms with Gasteiger partial charge in [-0.1, -0.05) is 0 Å². The highest BCUT2D eigenvalue weighted by molar-refractivity contribution is 5.96. The summed E-state index contributed by atoms with van der Waals surface area (Å²) in [5, 5.41) is 11.4. The predicted octanol–water partition coefficient (Wildman–Crippen LogP) is 8.02. The smallest absolute Gasteiger partial charge is 0.343 e. The van der Waals surface area contributed by atoms with E-state index >= 15 is 0 Å². The predicted molar refractivity (Wildman–Crippen MR) is 222 cm³/mol. The van der Waals surface area contributed by atoms with Gasteiger partial charge in [0.1, 0.15) is 34.1 Å². The Morgan fingerprint density at radius 2 is 0.891 bits per heavy atom. The van der Waals surface area contributed by atoms with Crippen LogP contribution in [0.15, 0.2) is 110 Å². The van der Waals surface area contributed by atoms with E-state index in [-0.39, 0.29) is 23.2 Å². The van der Waals surface area contributed by atoms with E-state index in [1.165, 1.54) is 61.4 Å². The summed E-state index contributed by atoms with van der Waals surface area (Å²) in [5.41, 5.74) is 3.91. The summed E-state index contributed by atoms with van der Waals surface area (Å²) in [6.45, 7) is 3.51. The molecule has 0 radical (unpaired) electrons.